The van der Waals surface area contributed by atoms with E-state index in [0.717, 1.165) is 53.2 Å². The van der Waals surface area contributed by atoms with Gasteiger partial charge in [0.05, 0.1) is 6.04 Å². The van der Waals surface area contributed by atoms with Gasteiger partial charge in [0.15, 0.2) is 10.9 Å². The van der Waals surface area contributed by atoms with Crippen molar-refractivity contribution in [1.29, 1.82) is 0 Å². The van der Waals surface area contributed by atoms with Crippen LogP contribution in [-0.2, 0) is 33.8 Å². The molecule has 0 bridgehead atoms. The number of carboxylic acid groups (broad SMARTS) is 1. The molecule has 48 heavy (non-hydrogen) atoms. The quantitative estimate of drug-likeness (QED) is 0.104. The fraction of sp³-hybridized carbons (Fsp3) is 0.486. The average molecular weight is 714 g/mol. The van der Waals surface area contributed by atoms with Crippen molar-refractivity contribution in [2.24, 2.45) is 0 Å². The van der Waals surface area contributed by atoms with Crippen molar-refractivity contribution in [3.63, 3.8) is 0 Å². The van der Waals surface area contributed by atoms with Gasteiger partial charge >= 0.3 is 5.97 Å². The van der Waals surface area contributed by atoms with E-state index in [1.165, 1.54) is 0 Å². The van der Waals surface area contributed by atoms with Crippen LogP contribution in [0.5, 0.6) is 0 Å². The van der Waals surface area contributed by atoms with Crippen molar-refractivity contribution < 1.29 is 24.3 Å². The number of thiocarbonyl (C=S) groups is 2. The molecule has 1 heterocycles. The summed E-state index contributed by atoms with van der Waals surface area (Å²) in [5, 5.41) is 21.9. The molecule has 5 N–H and O–H groups in total. The number of hydrogen-bond donors (Lipinski definition) is 5. The van der Waals surface area contributed by atoms with Gasteiger partial charge in [-0.1, -0.05) is 36.5 Å². The minimum atomic E-state index is -1.13. The van der Waals surface area contributed by atoms with Gasteiger partial charge in [-0.25, -0.2) is 4.79 Å². The van der Waals surface area contributed by atoms with Crippen molar-refractivity contribution in [1.82, 2.24) is 20.9 Å². The van der Waals surface area contributed by atoms with Crippen LogP contribution in [0.4, 0.5) is 5.69 Å². The molecule has 0 saturated heterocycles. The predicted molar refractivity (Wildman–Crippen MR) is 201 cm³/mol. The Morgan fingerprint density at radius 3 is 2.42 bits per heavy atom. The van der Waals surface area contributed by atoms with E-state index in [1.54, 1.807) is 17.8 Å². The third-order valence-electron chi connectivity index (χ3n) is 8.11. The number of ketones is 1. The number of carboxylic acids is 1. The number of anilines is 1. The molecule has 0 saturated carbocycles. The van der Waals surface area contributed by atoms with Gasteiger partial charge in [-0.2, -0.15) is 11.8 Å². The number of carbonyl (C=O) groups is 4. The molecule has 1 aliphatic rings. The first-order valence-corrected chi connectivity index (χ1v) is 18.4. The number of aliphatic carboxylic acids is 1. The van der Waals surface area contributed by atoms with Crippen molar-refractivity contribution in [2.75, 3.05) is 37.5 Å². The summed E-state index contributed by atoms with van der Waals surface area (Å²) in [5.41, 5.74) is 4.69. The molecule has 2 aromatic carbocycles. The van der Waals surface area contributed by atoms with Gasteiger partial charge in [0, 0.05) is 50.1 Å². The standard InChI is InChI=1S/C35H47N5O5S3/c1-23(46)21-24-10-12-26(13-11-24)37-35(47)36-18-5-4-9-30(34(44)45)38-32(42)15-14-31(41)29(17-20-48-3)39-33(43)28-8-6-7-25-22-40(2)19-16-27(25)28/h6-8,10-13,29-30H,4-5,9,14-22H2,1-3H3,(H,38,42)(H,39,43)(H,44,45)(H2,36,37,47)/t29-,30-/m0/s1. The van der Waals surface area contributed by atoms with Crippen LogP contribution in [0, 0.1) is 0 Å². The summed E-state index contributed by atoms with van der Waals surface area (Å²) >= 11 is 12.1. The maximum Gasteiger partial charge on any atom is 0.326 e. The number of carbonyl (C=O) groups excluding carboxylic acids is 3. The molecule has 260 valence electrons. The Labute approximate surface area is 298 Å². The third kappa shape index (κ3) is 13.3. The van der Waals surface area contributed by atoms with E-state index in [1.807, 2.05) is 56.6 Å². The smallest absolute Gasteiger partial charge is 0.326 e. The fourth-order valence-corrected chi connectivity index (χ4v) is 6.39. The summed E-state index contributed by atoms with van der Waals surface area (Å²) in [5.74, 6) is -1.51. The van der Waals surface area contributed by atoms with E-state index < -0.39 is 24.0 Å². The predicted octanol–water partition coefficient (Wildman–Crippen LogP) is 4.53. The maximum absolute atomic E-state index is 13.3. The van der Waals surface area contributed by atoms with Crippen LogP contribution in [0.3, 0.4) is 0 Å². The Balaban J connectivity index is 1.41. The van der Waals surface area contributed by atoms with Gasteiger partial charge in [0.1, 0.15) is 6.04 Å². The molecule has 2 atom stereocenters. The SMILES string of the molecule is CSCC[C@H](NC(=O)c1cccc2c1CCN(C)C2)C(=O)CCC(=O)N[C@@H](CCCCNC(=S)Nc1ccc(CC(C)=S)cc1)C(=O)O. The molecule has 2 amide bonds. The molecule has 10 nitrogen and oxygen atoms in total. The van der Waals surface area contributed by atoms with Crippen molar-refractivity contribution in [3.8, 4) is 0 Å². The number of amides is 2. The Hall–Kier alpha value is -3.39. The number of unbranched alkanes of at least 4 members (excludes halogenated alkanes) is 1. The number of fused-ring (bicyclic) bond motifs is 1. The summed E-state index contributed by atoms with van der Waals surface area (Å²) in [6.07, 6.45) is 5.05. The number of hydrogen-bond acceptors (Lipinski definition) is 8. The third-order valence-corrected chi connectivity index (χ3v) is 9.14. The van der Waals surface area contributed by atoms with E-state index in [-0.39, 0.29) is 31.0 Å². The van der Waals surface area contributed by atoms with Crippen LogP contribution >= 0.6 is 36.2 Å². The van der Waals surface area contributed by atoms with Crippen molar-refractivity contribution in [2.45, 2.75) is 76.9 Å². The molecule has 0 fully saturated rings. The van der Waals surface area contributed by atoms with Gasteiger partial charge in [-0.3, -0.25) is 14.4 Å². The highest BCUT2D eigenvalue weighted by molar-refractivity contribution is 7.98. The second kappa shape index (κ2) is 20.2. The number of thioether (sulfide) groups is 1. The van der Waals surface area contributed by atoms with E-state index in [2.05, 4.69) is 26.2 Å². The first kappa shape index (κ1) is 39.1. The highest BCUT2D eigenvalue weighted by Gasteiger charge is 2.26. The number of nitrogens with one attached hydrogen (secondary N) is 4. The average Bonchev–Trinajstić information content (AvgIpc) is 3.04. The summed E-state index contributed by atoms with van der Waals surface area (Å²) in [6.45, 7) is 4.08. The zero-order valence-corrected chi connectivity index (χ0v) is 30.4. The van der Waals surface area contributed by atoms with E-state index in [0.29, 0.717) is 42.2 Å². The van der Waals surface area contributed by atoms with Crippen LogP contribution in [-0.4, -0.2) is 87.8 Å². The van der Waals surface area contributed by atoms with Crippen LogP contribution in [0.2, 0.25) is 0 Å². The molecule has 0 spiro atoms. The number of likely N-dealkylation sites (N-methyl/N-ethyl adjacent to an activating group) is 1. The van der Waals surface area contributed by atoms with Gasteiger partial charge in [-0.05, 0) is 110 Å². The highest BCUT2D eigenvalue weighted by Crippen LogP contribution is 2.22. The second-order valence-electron chi connectivity index (χ2n) is 12.1. The van der Waals surface area contributed by atoms with Crippen molar-refractivity contribution >= 4 is 75.4 Å². The number of nitrogens with zero attached hydrogens (tertiary/aromatic N) is 1. The molecule has 0 aliphatic carbocycles. The van der Waals surface area contributed by atoms with Gasteiger partial charge in [0.25, 0.3) is 5.91 Å². The normalized spacial score (nSPS) is 13.8. The summed E-state index contributed by atoms with van der Waals surface area (Å²) in [6, 6.07) is 11.7. The summed E-state index contributed by atoms with van der Waals surface area (Å²) in [4.78, 5) is 54.1. The minimum absolute atomic E-state index is 0.0989. The summed E-state index contributed by atoms with van der Waals surface area (Å²) < 4.78 is 0. The van der Waals surface area contributed by atoms with Crippen LogP contribution in [0.15, 0.2) is 42.5 Å². The monoisotopic (exact) mass is 713 g/mol. The Bertz CT molecular complexity index is 1450. The number of benzene rings is 2. The van der Waals surface area contributed by atoms with Gasteiger partial charge in [0.2, 0.25) is 5.91 Å². The van der Waals surface area contributed by atoms with Gasteiger partial charge in [-0.15, -0.1) is 0 Å². The Morgan fingerprint density at radius 1 is 0.979 bits per heavy atom. The first-order chi connectivity index (χ1) is 23.0. The maximum atomic E-state index is 13.3. The largest absolute Gasteiger partial charge is 0.480 e. The molecule has 0 radical (unpaired) electrons. The molecule has 0 unspecified atom stereocenters. The minimum Gasteiger partial charge on any atom is -0.480 e. The molecule has 1 aliphatic heterocycles. The lowest BCUT2D eigenvalue weighted by atomic mass is 9.94. The van der Waals surface area contributed by atoms with Crippen LogP contribution in [0.25, 0.3) is 0 Å². The van der Waals surface area contributed by atoms with Gasteiger partial charge < -0.3 is 31.3 Å². The van der Waals surface area contributed by atoms with E-state index in [4.69, 9.17) is 24.4 Å². The highest BCUT2D eigenvalue weighted by atomic mass is 32.2. The number of rotatable bonds is 19. The Morgan fingerprint density at radius 2 is 1.73 bits per heavy atom. The van der Waals surface area contributed by atoms with Crippen molar-refractivity contribution in [3.05, 3.63) is 64.7 Å². The Kier molecular flexibility index (Phi) is 16.4. The summed E-state index contributed by atoms with van der Waals surface area (Å²) in [7, 11) is 2.04. The molecular formula is C35H47N5O5S3. The zero-order chi connectivity index (χ0) is 35.1. The lowest BCUT2D eigenvalue weighted by molar-refractivity contribution is -0.142. The number of Topliss-reactive ketones (excluding diaryl/α,β-unsaturated/α-hetero) is 1. The molecule has 0 aromatic heterocycles. The molecular weight excluding hydrogens is 667 g/mol. The zero-order valence-electron chi connectivity index (χ0n) is 27.9. The molecule has 3 rings (SSSR count). The second-order valence-corrected chi connectivity index (χ2v) is 14.2. The van der Waals surface area contributed by atoms with Crippen LogP contribution in [0.1, 0.15) is 72.5 Å². The fourth-order valence-electron chi connectivity index (χ4n) is 5.53. The lowest BCUT2D eigenvalue weighted by Gasteiger charge is -2.27. The van der Waals surface area contributed by atoms with Crippen LogP contribution < -0.4 is 21.3 Å². The topological polar surface area (TPSA) is 140 Å². The first-order valence-electron chi connectivity index (χ1n) is 16.2. The van der Waals surface area contributed by atoms with E-state index in [9.17, 15) is 24.3 Å². The molecule has 13 heteroatoms. The van der Waals surface area contributed by atoms with E-state index >= 15 is 0 Å². The lowest BCUT2D eigenvalue weighted by Crippen LogP contribution is -2.43. The molecule has 2 aromatic rings.